The van der Waals surface area contributed by atoms with Crippen LogP contribution < -0.4 is 16.4 Å². The van der Waals surface area contributed by atoms with Gasteiger partial charge in [0.25, 0.3) is 0 Å². The first-order chi connectivity index (χ1) is 23.7. The van der Waals surface area contributed by atoms with Crippen LogP contribution in [0.5, 0.6) is 0 Å². The molecule has 280 valence electrons. The van der Waals surface area contributed by atoms with Crippen LogP contribution in [0.3, 0.4) is 0 Å². The molecule has 7 aliphatic rings. The van der Waals surface area contributed by atoms with Crippen LogP contribution in [0, 0.1) is 58.7 Å². The van der Waals surface area contributed by atoms with Crippen molar-refractivity contribution < 1.29 is 34.0 Å². The molecule has 0 aromatic heterocycles. The van der Waals surface area contributed by atoms with Crippen molar-refractivity contribution in [1.29, 1.82) is 0 Å². The largest absolute Gasteiger partial charge is 0.465 e. The number of aliphatic hydroxyl groups is 2. The minimum atomic E-state index is -0.454. The number of piperidine rings is 1. The number of aliphatic hydroxyl groups excluding tert-OH is 2. The van der Waals surface area contributed by atoms with Crippen molar-refractivity contribution in [3.63, 3.8) is 0 Å². The number of methoxy groups -OCH3 is 1. The van der Waals surface area contributed by atoms with Gasteiger partial charge in [-0.25, -0.2) is 0 Å². The average molecular weight is 690 g/mol. The maximum atomic E-state index is 12.2. The Labute approximate surface area is 294 Å². The summed E-state index contributed by atoms with van der Waals surface area (Å²) in [7, 11) is 3.77. The first-order valence-corrected chi connectivity index (χ1v) is 20.1. The van der Waals surface area contributed by atoms with Gasteiger partial charge >= 0.3 is 5.97 Å². The number of likely N-dealkylation sites (N-methyl/N-ethyl adjacent to an activating group) is 1. The van der Waals surface area contributed by atoms with Gasteiger partial charge in [0.15, 0.2) is 0 Å². The lowest BCUT2D eigenvalue weighted by atomic mass is 9.45. The van der Waals surface area contributed by atoms with Gasteiger partial charge in [0.05, 0.1) is 56.0 Å². The van der Waals surface area contributed by atoms with E-state index in [-0.39, 0.29) is 59.9 Å². The third-order valence-corrected chi connectivity index (χ3v) is 15.0. The summed E-state index contributed by atoms with van der Waals surface area (Å²) in [5.41, 5.74) is 6.39. The van der Waals surface area contributed by atoms with Gasteiger partial charge in [-0.15, -0.1) is 0 Å². The van der Waals surface area contributed by atoms with Crippen LogP contribution in [0.2, 0.25) is 0 Å². The maximum absolute atomic E-state index is 12.2. The number of nitrogens with two attached hydrogens (primary N) is 1. The molecule has 17 atom stereocenters. The smallest absolute Gasteiger partial charge is 0.302 e. The highest BCUT2D eigenvalue weighted by Gasteiger charge is 2.65. The fourth-order valence-corrected chi connectivity index (χ4v) is 13.1. The van der Waals surface area contributed by atoms with Crippen molar-refractivity contribution in [2.45, 2.75) is 140 Å². The molecule has 49 heavy (non-hydrogen) atoms. The number of carbonyl (C=O) groups excluding carboxylic acids is 1. The molecular formula is C39H67N3O7. The second-order valence-electron chi connectivity index (χ2n) is 17.7. The average Bonchev–Trinajstić information content (AvgIpc) is 3.66. The van der Waals surface area contributed by atoms with Crippen LogP contribution in [-0.2, 0) is 23.7 Å². The lowest BCUT2D eigenvalue weighted by molar-refractivity contribution is -0.192. The number of hydrogen-bond donors (Lipinski definition) is 5. The van der Waals surface area contributed by atoms with E-state index >= 15 is 0 Å². The highest BCUT2D eigenvalue weighted by Crippen LogP contribution is 2.68. The topological polar surface area (TPSA) is 145 Å². The van der Waals surface area contributed by atoms with E-state index in [0.29, 0.717) is 55.1 Å². The van der Waals surface area contributed by atoms with Gasteiger partial charge in [-0.05, 0) is 156 Å². The van der Waals surface area contributed by atoms with Crippen molar-refractivity contribution in [3.8, 4) is 0 Å². The SMILES string of the molecule is CNCCOC1CC([C@H]2OC3C(CCC4C5C(CC(O)CC5OC)C[C@@]5(CC[C@@H](CC6CCC(N)NC6)C5)C43)[C@H]2COC(C)=O)CCC1O. The predicted molar refractivity (Wildman–Crippen MR) is 186 cm³/mol. The van der Waals surface area contributed by atoms with Crippen LogP contribution in [-0.4, -0.2) is 99.4 Å². The summed E-state index contributed by atoms with van der Waals surface area (Å²) in [6.07, 6.45) is 14.2. The minimum absolute atomic E-state index is 0.00750. The molecule has 2 aliphatic heterocycles. The minimum Gasteiger partial charge on any atom is -0.465 e. The highest BCUT2D eigenvalue weighted by molar-refractivity contribution is 5.65. The lowest BCUT2D eigenvalue weighted by Gasteiger charge is -2.61. The molecule has 2 saturated heterocycles. The summed E-state index contributed by atoms with van der Waals surface area (Å²) < 4.78 is 25.8. The Hall–Kier alpha value is -0.850. The van der Waals surface area contributed by atoms with Gasteiger partial charge in [-0.2, -0.15) is 0 Å². The molecule has 0 amide bonds. The van der Waals surface area contributed by atoms with Crippen molar-refractivity contribution in [3.05, 3.63) is 0 Å². The highest BCUT2D eigenvalue weighted by atomic mass is 16.5. The molecule has 7 fully saturated rings. The summed E-state index contributed by atoms with van der Waals surface area (Å²) in [6.45, 7) is 4.30. The predicted octanol–water partition coefficient (Wildman–Crippen LogP) is 3.61. The Bertz CT molecular complexity index is 1110. The molecule has 10 nitrogen and oxygen atoms in total. The van der Waals surface area contributed by atoms with E-state index in [2.05, 4.69) is 10.6 Å². The fourth-order valence-electron chi connectivity index (χ4n) is 13.1. The van der Waals surface area contributed by atoms with E-state index in [4.69, 9.17) is 24.7 Å². The number of esters is 1. The maximum Gasteiger partial charge on any atom is 0.302 e. The molecule has 1 spiro atoms. The van der Waals surface area contributed by atoms with E-state index in [0.717, 1.165) is 64.0 Å². The molecule has 13 unspecified atom stereocenters. The third kappa shape index (κ3) is 7.51. The summed E-state index contributed by atoms with van der Waals surface area (Å²) in [4.78, 5) is 12.2. The van der Waals surface area contributed by atoms with Gasteiger partial charge in [-0.3, -0.25) is 4.79 Å². The number of rotatable bonds is 10. The number of hydrogen-bond acceptors (Lipinski definition) is 10. The summed E-state index contributed by atoms with van der Waals surface area (Å²) in [5, 5.41) is 28.6. The summed E-state index contributed by atoms with van der Waals surface area (Å²) in [5.74, 6) is 3.88. The molecule has 5 saturated carbocycles. The van der Waals surface area contributed by atoms with Crippen molar-refractivity contribution >= 4 is 5.97 Å². The number of carbonyl (C=O) groups is 1. The van der Waals surface area contributed by atoms with Gasteiger partial charge in [0.2, 0.25) is 0 Å². The van der Waals surface area contributed by atoms with E-state index in [1.165, 1.54) is 45.4 Å². The van der Waals surface area contributed by atoms with E-state index in [9.17, 15) is 15.0 Å². The van der Waals surface area contributed by atoms with Crippen molar-refractivity contribution in [2.75, 3.05) is 40.5 Å². The van der Waals surface area contributed by atoms with Crippen LogP contribution in [0.15, 0.2) is 0 Å². The molecule has 7 rings (SSSR count). The normalized spacial score (nSPS) is 49.7. The Morgan fingerprint density at radius 3 is 2.55 bits per heavy atom. The Morgan fingerprint density at radius 1 is 0.959 bits per heavy atom. The Kier molecular flexibility index (Phi) is 11.6. The van der Waals surface area contributed by atoms with E-state index in [1.807, 2.05) is 14.2 Å². The standard InChI is InChI=1S/C39H67N3O7/c1-22(43)48-21-30-28-6-7-29-35-26(15-27(44)17-33(35)46-3)19-39(11-10-23(18-39)14-24-4-9-34(40)42-20-24)36(29)38(28)49-37(30)25-5-8-31(45)32(16-25)47-13-12-41-2/h23-38,41-42,44-45H,4-21,40H2,1-3H3/t23-,24?,25?,26?,27?,28?,29?,30+,31?,32?,33?,34?,35?,36?,37+,38?,39-/m0/s1. The van der Waals surface area contributed by atoms with Gasteiger partial charge in [-0.1, -0.05) is 0 Å². The Morgan fingerprint density at radius 2 is 1.80 bits per heavy atom. The van der Waals surface area contributed by atoms with Crippen molar-refractivity contribution in [1.82, 2.24) is 10.6 Å². The zero-order valence-corrected chi connectivity index (χ0v) is 30.5. The molecule has 2 heterocycles. The second kappa shape index (κ2) is 15.6. The quantitative estimate of drug-likeness (QED) is 0.171. The van der Waals surface area contributed by atoms with E-state index in [1.54, 1.807) is 0 Å². The third-order valence-electron chi connectivity index (χ3n) is 15.0. The molecule has 6 N–H and O–H groups in total. The van der Waals surface area contributed by atoms with E-state index < -0.39 is 6.10 Å². The van der Waals surface area contributed by atoms with Crippen LogP contribution in [0.25, 0.3) is 0 Å². The van der Waals surface area contributed by atoms with Crippen LogP contribution >= 0.6 is 0 Å². The van der Waals surface area contributed by atoms with Crippen LogP contribution in [0.4, 0.5) is 0 Å². The summed E-state index contributed by atoms with van der Waals surface area (Å²) in [6, 6.07) is 0. The second-order valence-corrected chi connectivity index (χ2v) is 17.7. The lowest BCUT2D eigenvalue weighted by Crippen LogP contribution is -2.59. The summed E-state index contributed by atoms with van der Waals surface area (Å²) >= 11 is 0. The molecule has 0 aromatic rings. The monoisotopic (exact) mass is 689 g/mol. The molecule has 5 aliphatic carbocycles. The number of ether oxygens (including phenoxy) is 4. The first-order valence-electron chi connectivity index (χ1n) is 20.1. The molecular weight excluding hydrogens is 622 g/mol. The molecule has 0 radical (unpaired) electrons. The fraction of sp³-hybridized carbons (Fsp3) is 0.974. The number of fused-ring (bicyclic) bond motifs is 6. The zero-order valence-electron chi connectivity index (χ0n) is 30.5. The van der Waals surface area contributed by atoms with Crippen molar-refractivity contribution in [2.24, 2.45) is 64.4 Å². The first kappa shape index (κ1) is 36.5. The zero-order chi connectivity index (χ0) is 34.3. The number of nitrogens with one attached hydrogen (secondary N) is 2. The Balaban J connectivity index is 1.17. The molecule has 10 heteroatoms. The van der Waals surface area contributed by atoms with Gasteiger partial charge in [0, 0.05) is 26.5 Å². The van der Waals surface area contributed by atoms with Crippen LogP contribution in [0.1, 0.15) is 96.8 Å². The molecule has 0 aromatic carbocycles. The molecule has 0 bridgehead atoms. The van der Waals surface area contributed by atoms with Gasteiger partial charge < -0.3 is 45.5 Å². The van der Waals surface area contributed by atoms with Gasteiger partial charge in [0.1, 0.15) is 0 Å².